The SMILES string of the molecule is C#CC(C)(OC(=O)c1cccc([S+](c2ccccc2)c2ccccc2)c1)C1C=C(C)CCC1. The van der Waals surface area contributed by atoms with E-state index < -0.39 is 5.60 Å². The molecule has 0 N–H and O–H groups in total. The van der Waals surface area contributed by atoms with Crippen molar-refractivity contribution in [1.82, 2.24) is 0 Å². The van der Waals surface area contributed by atoms with Crippen molar-refractivity contribution in [2.45, 2.75) is 53.4 Å². The topological polar surface area (TPSA) is 26.3 Å². The lowest BCUT2D eigenvalue weighted by atomic mass is 9.80. The van der Waals surface area contributed by atoms with E-state index in [9.17, 15) is 4.79 Å². The molecule has 0 saturated carbocycles. The summed E-state index contributed by atoms with van der Waals surface area (Å²) in [4.78, 5) is 16.7. The Morgan fingerprint density at radius 3 is 2.15 bits per heavy atom. The van der Waals surface area contributed by atoms with Crippen LogP contribution < -0.4 is 0 Å². The Morgan fingerprint density at radius 1 is 0.970 bits per heavy atom. The van der Waals surface area contributed by atoms with Crippen molar-refractivity contribution in [3.63, 3.8) is 0 Å². The van der Waals surface area contributed by atoms with Crippen LogP contribution in [0.5, 0.6) is 0 Å². The van der Waals surface area contributed by atoms with Gasteiger partial charge in [-0.1, -0.05) is 60.0 Å². The average molecular weight is 454 g/mol. The Hall–Kier alpha value is -3.22. The minimum atomic E-state index is -0.963. The smallest absolute Gasteiger partial charge is 0.339 e. The molecule has 2 nitrogen and oxygen atoms in total. The van der Waals surface area contributed by atoms with Gasteiger partial charge in [0.05, 0.1) is 16.5 Å². The zero-order chi connectivity index (χ0) is 23.3. The second-order valence-corrected chi connectivity index (χ2v) is 10.6. The highest BCUT2D eigenvalue weighted by Crippen LogP contribution is 2.35. The predicted octanol–water partition coefficient (Wildman–Crippen LogP) is 7.08. The fourth-order valence-corrected chi connectivity index (χ4v) is 6.42. The average Bonchev–Trinajstić information content (AvgIpc) is 2.85. The molecule has 0 bridgehead atoms. The van der Waals surface area contributed by atoms with Crippen LogP contribution in [-0.4, -0.2) is 11.6 Å². The summed E-state index contributed by atoms with van der Waals surface area (Å²) in [5.74, 6) is 2.43. The quantitative estimate of drug-likeness (QED) is 0.173. The number of rotatable bonds is 6. The maximum Gasteiger partial charge on any atom is 0.339 e. The fraction of sp³-hybridized carbons (Fsp3) is 0.233. The summed E-state index contributed by atoms with van der Waals surface area (Å²) >= 11 is 0. The molecule has 0 amide bonds. The highest BCUT2D eigenvalue weighted by atomic mass is 32.2. The van der Waals surface area contributed by atoms with Gasteiger partial charge in [-0.2, -0.15) is 0 Å². The van der Waals surface area contributed by atoms with E-state index >= 15 is 0 Å². The molecule has 2 unspecified atom stereocenters. The lowest BCUT2D eigenvalue weighted by Gasteiger charge is -2.33. The molecular weight excluding hydrogens is 424 g/mol. The van der Waals surface area contributed by atoms with E-state index in [4.69, 9.17) is 11.2 Å². The third-order valence-electron chi connectivity index (χ3n) is 6.13. The van der Waals surface area contributed by atoms with Crippen molar-refractivity contribution in [2.24, 2.45) is 5.92 Å². The zero-order valence-corrected chi connectivity index (χ0v) is 20.0. The second kappa shape index (κ2) is 10.1. The molecular formula is C30H29O2S+. The van der Waals surface area contributed by atoms with Gasteiger partial charge in [0.2, 0.25) is 0 Å². The summed E-state index contributed by atoms with van der Waals surface area (Å²) < 4.78 is 5.99. The largest absolute Gasteiger partial charge is 0.442 e. The molecule has 0 aliphatic heterocycles. The molecule has 1 aliphatic rings. The number of allylic oxidation sites excluding steroid dienone is 1. The third kappa shape index (κ3) is 5.24. The van der Waals surface area contributed by atoms with E-state index in [1.165, 1.54) is 15.4 Å². The van der Waals surface area contributed by atoms with Crippen molar-refractivity contribution in [3.8, 4) is 12.3 Å². The summed E-state index contributed by atoms with van der Waals surface area (Å²) in [6, 6.07) is 28.5. The van der Waals surface area contributed by atoms with Crippen LogP contribution in [0.15, 0.2) is 111 Å². The van der Waals surface area contributed by atoms with E-state index in [1.807, 2.05) is 37.3 Å². The molecule has 0 spiro atoms. The molecule has 0 saturated heterocycles. The van der Waals surface area contributed by atoms with Crippen molar-refractivity contribution in [2.75, 3.05) is 0 Å². The van der Waals surface area contributed by atoms with E-state index in [0.29, 0.717) is 5.56 Å². The molecule has 0 fully saturated rings. The Bertz CT molecular complexity index is 1140. The molecule has 3 aromatic carbocycles. The van der Waals surface area contributed by atoms with Crippen LogP contribution in [0.1, 0.15) is 43.5 Å². The Kier molecular flexibility index (Phi) is 7.06. The molecule has 4 rings (SSSR count). The predicted molar refractivity (Wildman–Crippen MR) is 135 cm³/mol. The van der Waals surface area contributed by atoms with E-state index in [2.05, 4.69) is 73.5 Å². The van der Waals surface area contributed by atoms with Gasteiger partial charge >= 0.3 is 5.97 Å². The number of terminal acetylenes is 1. The van der Waals surface area contributed by atoms with Gasteiger partial charge in [-0.05, 0) is 69.5 Å². The molecule has 0 heterocycles. The van der Waals surface area contributed by atoms with E-state index in [-0.39, 0.29) is 22.8 Å². The van der Waals surface area contributed by atoms with Gasteiger partial charge in [-0.25, -0.2) is 4.79 Å². The standard InChI is InChI=1S/C30H29O2S/c1-4-30(3,25-15-11-13-23(2)21-25)32-29(31)24-14-12-20-28(22-24)33(26-16-7-5-8-17-26)27-18-9-6-10-19-27/h1,5-10,12,14,16-22,25H,11,13,15H2,2-3H3/q+1. The lowest BCUT2D eigenvalue weighted by molar-refractivity contribution is -0.00319. The van der Waals surface area contributed by atoms with Crippen LogP contribution in [0.2, 0.25) is 0 Å². The van der Waals surface area contributed by atoms with Gasteiger partial charge in [-0.15, -0.1) is 6.42 Å². The molecule has 1 aliphatic carbocycles. The maximum atomic E-state index is 13.3. The minimum Gasteiger partial charge on any atom is -0.442 e. The van der Waals surface area contributed by atoms with Crippen LogP contribution in [0.4, 0.5) is 0 Å². The Balaban J connectivity index is 1.66. The van der Waals surface area contributed by atoms with Crippen LogP contribution in [-0.2, 0) is 15.6 Å². The first-order chi connectivity index (χ1) is 16.0. The highest BCUT2D eigenvalue weighted by Gasteiger charge is 2.37. The number of hydrogen-bond donors (Lipinski definition) is 0. The number of esters is 1. The first kappa shape index (κ1) is 23.0. The maximum absolute atomic E-state index is 13.3. The van der Waals surface area contributed by atoms with Crippen molar-refractivity contribution < 1.29 is 9.53 Å². The van der Waals surface area contributed by atoms with E-state index in [0.717, 1.165) is 24.2 Å². The van der Waals surface area contributed by atoms with Crippen LogP contribution >= 0.6 is 0 Å². The fourth-order valence-electron chi connectivity index (χ4n) is 4.28. The molecule has 166 valence electrons. The molecule has 3 aromatic rings. The minimum absolute atomic E-state index is 0.0339. The first-order valence-electron chi connectivity index (χ1n) is 11.3. The first-order valence-corrected chi connectivity index (χ1v) is 12.6. The lowest BCUT2D eigenvalue weighted by Crippen LogP contribution is -2.38. The Labute approximate surface area is 200 Å². The monoisotopic (exact) mass is 453 g/mol. The number of hydrogen-bond acceptors (Lipinski definition) is 2. The third-order valence-corrected chi connectivity index (χ3v) is 8.35. The zero-order valence-electron chi connectivity index (χ0n) is 19.2. The second-order valence-electron chi connectivity index (χ2n) is 8.61. The summed E-state index contributed by atoms with van der Waals surface area (Å²) in [6.07, 6.45) is 11.1. The highest BCUT2D eigenvalue weighted by molar-refractivity contribution is 7.97. The Morgan fingerprint density at radius 2 is 1.58 bits per heavy atom. The molecule has 0 aromatic heterocycles. The van der Waals surface area contributed by atoms with Crippen molar-refractivity contribution in [1.29, 1.82) is 0 Å². The molecule has 0 radical (unpaired) electrons. The molecule has 33 heavy (non-hydrogen) atoms. The number of carbonyl (C=O) groups excluding carboxylic acids is 1. The number of carbonyl (C=O) groups is 1. The van der Waals surface area contributed by atoms with Crippen molar-refractivity contribution >= 4 is 16.9 Å². The molecule has 3 heteroatoms. The van der Waals surface area contributed by atoms with Crippen LogP contribution in [0, 0.1) is 18.3 Å². The van der Waals surface area contributed by atoms with E-state index in [1.54, 1.807) is 0 Å². The van der Waals surface area contributed by atoms with Gasteiger partial charge in [0.25, 0.3) is 0 Å². The summed E-state index contributed by atoms with van der Waals surface area (Å²) in [5, 5.41) is 0. The normalized spacial score (nSPS) is 17.5. The summed E-state index contributed by atoms with van der Waals surface area (Å²) in [7, 11) is -0.333. The van der Waals surface area contributed by atoms with Crippen molar-refractivity contribution in [3.05, 3.63) is 102 Å². The molecule has 2 atom stereocenters. The summed E-state index contributed by atoms with van der Waals surface area (Å²) in [5.41, 5.74) is 0.866. The van der Waals surface area contributed by atoms with Gasteiger partial charge < -0.3 is 4.74 Å². The van der Waals surface area contributed by atoms with Gasteiger partial charge in [0, 0.05) is 12.0 Å². The van der Waals surface area contributed by atoms with Gasteiger partial charge in [-0.3, -0.25) is 0 Å². The number of ether oxygens (including phenoxy) is 1. The van der Waals surface area contributed by atoms with Crippen LogP contribution in [0.3, 0.4) is 0 Å². The van der Waals surface area contributed by atoms with Crippen LogP contribution in [0.25, 0.3) is 0 Å². The van der Waals surface area contributed by atoms with Gasteiger partial charge in [0.1, 0.15) is 0 Å². The number of benzene rings is 3. The van der Waals surface area contributed by atoms with Gasteiger partial charge in [0.15, 0.2) is 20.3 Å². The summed E-state index contributed by atoms with van der Waals surface area (Å²) in [6.45, 7) is 3.97.